The van der Waals surface area contributed by atoms with E-state index in [1.807, 2.05) is 50.2 Å². The first-order valence-electron chi connectivity index (χ1n) is 11.4. The zero-order valence-corrected chi connectivity index (χ0v) is 22.1. The Kier molecular flexibility index (Phi) is 7.35. The van der Waals surface area contributed by atoms with Gasteiger partial charge in [-0.25, -0.2) is 0 Å². The molecule has 4 rings (SSSR count). The van der Waals surface area contributed by atoms with Gasteiger partial charge in [0.1, 0.15) is 17.3 Å². The molecule has 1 saturated heterocycles. The highest BCUT2D eigenvalue weighted by atomic mass is 79.9. The number of Topliss-reactive ketones (excluding diaryl/α,β-unsaturated/α-hetero) is 1. The maximum atomic E-state index is 13.4. The van der Waals surface area contributed by atoms with Crippen LogP contribution >= 0.6 is 15.9 Å². The first kappa shape index (κ1) is 25.3. The minimum Gasteiger partial charge on any atom is -0.507 e. The second kappa shape index (κ2) is 10.5. The van der Waals surface area contributed by atoms with Gasteiger partial charge in [-0.1, -0.05) is 18.2 Å². The van der Waals surface area contributed by atoms with Crippen molar-refractivity contribution < 1.29 is 24.2 Å². The highest BCUT2D eigenvalue weighted by molar-refractivity contribution is 9.10. The van der Waals surface area contributed by atoms with E-state index in [1.54, 1.807) is 49.6 Å². The number of aliphatic hydroxyl groups is 1. The van der Waals surface area contributed by atoms with Crippen LogP contribution in [-0.4, -0.2) is 44.6 Å². The number of anilines is 2. The van der Waals surface area contributed by atoms with Crippen LogP contribution in [0.15, 0.2) is 76.8 Å². The summed E-state index contributed by atoms with van der Waals surface area (Å²) in [5, 5.41) is 11.4. The molecule has 1 unspecified atom stereocenters. The normalized spacial score (nSPS) is 16.8. The number of methoxy groups -OCH3 is 1. The average Bonchev–Trinajstić information content (AvgIpc) is 3.14. The molecule has 1 heterocycles. The first-order valence-corrected chi connectivity index (χ1v) is 12.2. The molecule has 0 spiro atoms. The second-order valence-corrected chi connectivity index (χ2v) is 9.29. The molecule has 186 valence electrons. The van der Waals surface area contributed by atoms with Crippen LogP contribution in [-0.2, 0) is 9.59 Å². The highest BCUT2D eigenvalue weighted by Crippen LogP contribution is 2.43. The summed E-state index contributed by atoms with van der Waals surface area (Å²) in [4.78, 5) is 30.2. The summed E-state index contributed by atoms with van der Waals surface area (Å²) in [6.45, 7) is 2.34. The summed E-state index contributed by atoms with van der Waals surface area (Å²) in [5.41, 5.74) is 2.55. The number of hydrogen-bond donors (Lipinski definition) is 1. The van der Waals surface area contributed by atoms with Crippen molar-refractivity contribution in [2.45, 2.75) is 13.0 Å². The molecule has 0 saturated carbocycles. The maximum Gasteiger partial charge on any atom is 0.300 e. The van der Waals surface area contributed by atoms with Crippen molar-refractivity contribution in [3.63, 3.8) is 0 Å². The zero-order valence-electron chi connectivity index (χ0n) is 20.5. The highest BCUT2D eigenvalue weighted by Gasteiger charge is 2.47. The number of carbonyl (C=O) groups is 2. The van der Waals surface area contributed by atoms with Crippen LogP contribution in [0.2, 0.25) is 0 Å². The van der Waals surface area contributed by atoms with Crippen molar-refractivity contribution in [3.05, 3.63) is 87.9 Å². The van der Waals surface area contributed by atoms with Gasteiger partial charge in [-0.2, -0.15) is 0 Å². The smallest absolute Gasteiger partial charge is 0.300 e. The number of ether oxygens (including phenoxy) is 2. The quantitative estimate of drug-likeness (QED) is 0.236. The fraction of sp³-hybridized carbons (Fsp3) is 0.214. The van der Waals surface area contributed by atoms with Gasteiger partial charge in [0.25, 0.3) is 11.7 Å². The van der Waals surface area contributed by atoms with Crippen LogP contribution < -0.4 is 19.3 Å². The van der Waals surface area contributed by atoms with Crippen molar-refractivity contribution in [1.82, 2.24) is 0 Å². The van der Waals surface area contributed by atoms with E-state index in [4.69, 9.17) is 9.47 Å². The summed E-state index contributed by atoms with van der Waals surface area (Å²) in [6.07, 6.45) is 0. The minimum absolute atomic E-state index is 0.0106. The van der Waals surface area contributed by atoms with E-state index in [0.717, 1.165) is 5.69 Å². The van der Waals surface area contributed by atoms with Gasteiger partial charge in [-0.3, -0.25) is 14.5 Å². The predicted octanol–water partition coefficient (Wildman–Crippen LogP) is 5.55. The lowest BCUT2D eigenvalue weighted by atomic mass is 9.95. The molecular formula is C28H27BrN2O5. The molecule has 3 aromatic carbocycles. The Morgan fingerprint density at radius 1 is 1.06 bits per heavy atom. The van der Waals surface area contributed by atoms with Gasteiger partial charge in [0.2, 0.25) is 0 Å². The van der Waals surface area contributed by atoms with E-state index in [2.05, 4.69) is 15.9 Å². The summed E-state index contributed by atoms with van der Waals surface area (Å²) in [6, 6.07) is 18.7. The number of benzene rings is 3. The molecule has 36 heavy (non-hydrogen) atoms. The van der Waals surface area contributed by atoms with E-state index in [-0.39, 0.29) is 11.3 Å². The molecule has 3 aromatic rings. The number of rotatable bonds is 7. The van der Waals surface area contributed by atoms with Crippen molar-refractivity contribution in [3.8, 4) is 11.5 Å². The molecule has 1 aliphatic rings. The topological polar surface area (TPSA) is 79.3 Å². The van der Waals surface area contributed by atoms with Gasteiger partial charge in [0, 0.05) is 37.1 Å². The summed E-state index contributed by atoms with van der Waals surface area (Å²) >= 11 is 3.42. The molecule has 7 nitrogen and oxygen atoms in total. The number of halogens is 1. The Labute approximate surface area is 218 Å². The SMILES string of the molecule is CCOc1cccc(N2C(=O)C(=O)/C(=C(/O)c3ccc(OC)c(Br)c3)C2c2ccc(N(C)C)cc2)c1. The zero-order chi connectivity index (χ0) is 26.0. The Bertz CT molecular complexity index is 1330. The van der Waals surface area contributed by atoms with Crippen molar-refractivity contribution in [2.75, 3.05) is 37.6 Å². The largest absolute Gasteiger partial charge is 0.507 e. The number of carbonyl (C=O) groups excluding carboxylic acids is 2. The lowest BCUT2D eigenvalue weighted by molar-refractivity contribution is -0.132. The molecule has 0 radical (unpaired) electrons. The first-order chi connectivity index (χ1) is 17.3. The summed E-state index contributed by atoms with van der Waals surface area (Å²) in [7, 11) is 5.41. The van der Waals surface area contributed by atoms with Crippen LogP contribution in [0.1, 0.15) is 24.1 Å². The van der Waals surface area contributed by atoms with Gasteiger partial charge < -0.3 is 19.5 Å². The fourth-order valence-electron chi connectivity index (χ4n) is 4.23. The number of ketones is 1. The van der Waals surface area contributed by atoms with Crippen LogP contribution in [0.25, 0.3) is 5.76 Å². The van der Waals surface area contributed by atoms with E-state index in [9.17, 15) is 14.7 Å². The Balaban J connectivity index is 1.91. The third kappa shape index (κ3) is 4.68. The lowest BCUT2D eigenvalue weighted by Crippen LogP contribution is -2.29. The second-order valence-electron chi connectivity index (χ2n) is 8.43. The van der Waals surface area contributed by atoms with E-state index in [1.165, 1.54) is 4.90 Å². The van der Waals surface area contributed by atoms with Crippen LogP contribution in [0.5, 0.6) is 11.5 Å². The minimum atomic E-state index is -0.834. The standard InChI is InChI=1S/C28H27BrN2O5/c1-5-36-21-8-6-7-20(16-21)31-25(17-9-12-19(13-10-17)30(2)3)24(27(33)28(31)34)26(32)18-11-14-23(35-4)22(29)15-18/h6-16,25,32H,5H2,1-4H3/b26-24+. The van der Waals surface area contributed by atoms with Gasteiger partial charge >= 0.3 is 0 Å². The maximum absolute atomic E-state index is 13.4. The Morgan fingerprint density at radius 3 is 2.39 bits per heavy atom. The molecule has 8 heteroatoms. The molecule has 1 amide bonds. The fourth-order valence-corrected chi connectivity index (χ4v) is 4.77. The van der Waals surface area contributed by atoms with Gasteiger partial charge in [0.05, 0.1) is 29.8 Å². The van der Waals surface area contributed by atoms with Crippen molar-refractivity contribution in [2.24, 2.45) is 0 Å². The van der Waals surface area contributed by atoms with Gasteiger partial charge in [-0.05, 0) is 70.9 Å². The van der Waals surface area contributed by atoms with Gasteiger partial charge in [0.15, 0.2) is 0 Å². The monoisotopic (exact) mass is 550 g/mol. The molecule has 0 bridgehead atoms. The molecule has 1 aliphatic heterocycles. The third-order valence-corrected chi connectivity index (χ3v) is 6.62. The Morgan fingerprint density at radius 2 is 1.78 bits per heavy atom. The predicted molar refractivity (Wildman–Crippen MR) is 144 cm³/mol. The molecule has 1 atom stereocenters. The number of hydrogen-bond acceptors (Lipinski definition) is 6. The summed E-state index contributed by atoms with van der Waals surface area (Å²) < 4.78 is 11.5. The number of aliphatic hydroxyl groups excluding tert-OH is 1. The molecule has 0 aliphatic carbocycles. The van der Waals surface area contributed by atoms with Gasteiger partial charge in [-0.15, -0.1) is 0 Å². The van der Waals surface area contributed by atoms with Crippen LogP contribution in [0.3, 0.4) is 0 Å². The molecular weight excluding hydrogens is 524 g/mol. The van der Waals surface area contributed by atoms with E-state index >= 15 is 0 Å². The molecule has 1 N–H and O–H groups in total. The molecule has 1 fully saturated rings. The lowest BCUT2D eigenvalue weighted by Gasteiger charge is -2.26. The van der Waals surface area contributed by atoms with Crippen LogP contribution in [0.4, 0.5) is 11.4 Å². The van der Waals surface area contributed by atoms with E-state index < -0.39 is 17.7 Å². The average molecular weight is 551 g/mol. The Hall–Kier alpha value is -3.78. The number of amides is 1. The van der Waals surface area contributed by atoms with E-state index in [0.29, 0.717) is 39.4 Å². The van der Waals surface area contributed by atoms with Crippen molar-refractivity contribution >= 4 is 44.8 Å². The third-order valence-electron chi connectivity index (χ3n) is 6.00. The van der Waals surface area contributed by atoms with Crippen molar-refractivity contribution in [1.29, 1.82) is 0 Å². The number of nitrogens with zero attached hydrogens (tertiary/aromatic N) is 2. The molecule has 0 aromatic heterocycles. The van der Waals surface area contributed by atoms with Crippen LogP contribution in [0, 0.1) is 0 Å². The summed E-state index contributed by atoms with van der Waals surface area (Å²) in [5.74, 6) is -0.586.